The van der Waals surface area contributed by atoms with E-state index in [0.29, 0.717) is 0 Å². The third-order valence-corrected chi connectivity index (χ3v) is 1.09. The summed E-state index contributed by atoms with van der Waals surface area (Å²) in [5.41, 5.74) is 0.745. The smallest absolute Gasteiger partial charge is 0.275 e. The topological polar surface area (TPSA) is 61.8 Å². The van der Waals surface area contributed by atoms with Crippen LogP contribution in [-0.4, -0.2) is 29.2 Å². The molecular weight excluding hydrogens is 146 g/mol. The summed E-state index contributed by atoms with van der Waals surface area (Å²) in [4.78, 5) is 21.4. The van der Waals surface area contributed by atoms with Gasteiger partial charge in [-0.1, -0.05) is 0 Å². The maximum atomic E-state index is 10.8. The van der Waals surface area contributed by atoms with Crippen molar-refractivity contribution in [1.29, 1.82) is 0 Å². The fraction of sp³-hybridized carbons (Fsp3) is 0.500. The van der Waals surface area contributed by atoms with E-state index in [0.717, 1.165) is 10.7 Å². The molecule has 1 N–H and O–H groups in total. The van der Waals surface area contributed by atoms with Gasteiger partial charge in [0.1, 0.15) is 6.54 Å². The van der Waals surface area contributed by atoms with Crippen LogP contribution in [0.3, 0.4) is 0 Å². The number of urea groups is 1. The fourth-order valence-corrected chi connectivity index (χ4v) is 0.753. The van der Waals surface area contributed by atoms with Crippen molar-refractivity contribution in [3.63, 3.8) is 0 Å². The number of imide groups is 1. The highest BCUT2D eigenvalue weighted by Crippen LogP contribution is 1.98. The van der Waals surface area contributed by atoms with Gasteiger partial charge in [0, 0.05) is 5.71 Å². The Morgan fingerprint density at radius 1 is 1.55 bits per heavy atom. The quantitative estimate of drug-likeness (QED) is 0.425. The largest absolute Gasteiger partial charge is 0.344 e. The third kappa shape index (κ3) is 1.76. The number of nitrogens with zero attached hydrogens (tertiary/aromatic N) is 2. The molecule has 0 atom stereocenters. The minimum absolute atomic E-state index is 0.0318. The van der Waals surface area contributed by atoms with E-state index in [1.54, 1.807) is 13.8 Å². The molecule has 0 radical (unpaired) electrons. The predicted molar refractivity (Wildman–Crippen MR) is 39.0 cm³/mol. The highest BCUT2D eigenvalue weighted by Gasteiger charge is 2.25. The van der Waals surface area contributed by atoms with Crippen LogP contribution in [0.5, 0.6) is 0 Å². The number of nitrogens with one attached hydrogen (secondary N) is 1. The van der Waals surface area contributed by atoms with Gasteiger partial charge in [0.15, 0.2) is 0 Å². The van der Waals surface area contributed by atoms with Crippen molar-refractivity contribution >= 4 is 17.6 Å². The van der Waals surface area contributed by atoms with E-state index in [4.69, 9.17) is 0 Å². The molecule has 5 nitrogen and oxygen atoms in total. The van der Waals surface area contributed by atoms with Gasteiger partial charge in [0.25, 0.3) is 0 Å². The minimum atomic E-state index is -0.448. The van der Waals surface area contributed by atoms with Gasteiger partial charge in [-0.25, -0.2) is 9.80 Å². The van der Waals surface area contributed by atoms with Crippen LogP contribution < -0.4 is 5.32 Å². The molecule has 1 aliphatic rings. The van der Waals surface area contributed by atoms with Crippen molar-refractivity contribution in [3.8, 4) is 0 Å². The Labute approximate surface area is 64.1 Å². The van der Waals surface area contributed by atoms with Gasteiger partial charge < -0.3 is 0 Å². The molecule has 0 spiro atoms. The molecule has 1 aliphatic heterocycles. The van der Waals surface area contributed by atoms with Crippen LogP contribution in [0.1, 0.15) is 13.8 Å². The Kier molecular flexibility index (Phi) is 1.89. The van der Waals surface area contributed by atoms with Crippen LogP contribution in [0.15, 0.2) is 5.10 Å². The van der Waals surface area contributed by atoms with E-state index in [9.17, 15) is 9.59 Å². The van der Waals surface area contributed by atoms with Gasteiger partial charge in [-0.15, -0.1) is 0 Å². The maximum Gasteiger partial charge on any atom is 0.344 e. The van der Waals surface area contributed by atoms with Crippen LogP contribution in [0.2, 0.25) is 0 Å². The van der Waals surface area contributed by atoms with Gasteiger partial charge in [-0.3, -0.25) is 10.1 Å². The summed E-state index contributed by atoms with van der Waals surface area (Å²) in [5.74, 6) is -0.306. The summed E-state index contributed by atoms with van der Waals surface area (Å²) in [7, 11) is 0. The van der Waals surface area contributed by atoms with Crippen molar-refractivity contribution in [3.05, 3.63) is 0 Å². The number of hydrogen-bond acceptors (Lipinski definition) is 3. The van der Waals surface area contributed by atoms with Crippen LogP contribution in [0, 0.1) is 0 Å². The first kappa shape index (κ1) is 7.71. The van der Waals surface area contributed by atoms with E-state index in [-0.39, 0.29) is 12.5 Å². The average Bonchev–Trinajstić information content (AvgIpc) is 2.09. The van der Waals surface area contributed by atoms with Gasteiger partial charge in [-0.2, -0.15) is 5.10 Å². The zero-order valence-corrected chi connectivity index (χ0v) is 6.42. The summed E-state index contributed by atoms with van der Waals surface area (Å²) in [6, 6.07) is -0.448. The summed E-state index contributed by atoms with van der Waals surface area (Å²) in [6.45, 7) is 3.55. The van der Waals surface area contributed by atoms with Gasteiger partial charge in [0.05, 0.1) is 0 Å². The standard InChI is InChI=1S/C6H9N3O2/c1-4(2)8-9-3-5(10)7-6(9)11/h3H2,1-2H3,(H,7,10,11). The predicted octanol–water partition coefficient (Wildman–Crippen LogP) is -0.0660. The second kappa shape index (κ2) is 2.69. The molecule has 0 saturated carbocycles. The van der Waals surface area contributed by atoms with Crippen LogP contribution in [-0.2, 0) is 4.79 Å². The monoisotopic (exact) mass is 155 g/mol. The summed E-state index contributed by atoms with van der Waals surface area (Å²) < 4.78 is 0. The molecule has 0 aromatic carbocycles. The SMILES string of the molecule is CC(C)=NN1CC(=O)NC1=O. The molecule has 1 fully saturated rings. The molecule has 11 heavy (non-hydrogen) atoms. The van der Waals surface area contributed by atoms with Gasteiger partial charge >= 0.3 is 6.03 Å². The first-order chi connectivity index (χ1) is 5.09. The second-order valence-corrected chi connectivity index (χ2v) is 2.46. The van der Waals surface area contributed by atoms with E-state index in [1.165, 1.54) is 0 Å². The Hall–Kier alpha value is -1.39. The zero-order chi connectivity index (χ0) is 8.43. The Bertz CT molecular complexity index is 230. The number of carbonyl (C=O) groups excluding carboxylic acids is 2. The number of rotatable bonds is 1. The molecule has 0 aliphatic carbocycles. The van der Waals surface area contributed by atoms with E-state index >= 15 is 0 Å². The number of hydrogen-bond donors (Lipinski definition) is 1. The first-order valence-corrected chi connectivity index (χ1v) is 3.23. The molecular formula is C6H9N3O2. The normalized spacial score (nSPS) is 16.7. The molecule has 0 aromatic rings. The summed E-state index contributed by atoms with van der Waals surface area (Å²) in [5, 5.41) is 7.05. The van der Waals surface area contributed by atoms with E-state index in [1.807, 2.05) is 0 Å². The Morgan fingerprint density at radius 2 is 2.18 bits per heavy atom. The maximum absolute atomic E-state index is 10.8. The van der Waals surface area contributed by atoms with Crippen molar-refractivity contribution in [2.45, 2.75) is 13.8 Å². The van der Waals surface area contributed by atoms with Crippen LogP contribution >= 0.6 is 0 Å². The summed E-state index contributed by atoms with van der Waals surface area (Å²) >= 11 is 0. The minimum Gasteiger partial charge on any atom is -0.275 e. The van der Waals surface area contributed by atoms with E-state index < -0.39 is 6.03 Å². The molecule has 1 rings (SSSR count). The highest BCUT2D eigenvalue weighted by atomic mass is 16.2. The van der Waals surface area contributed by atoms with Crippen molar-refractivity contribution in [2.75, 3.05) is 6.54 Å². The first-order valence-electron chi connectivity index (χ1n) is 3.23. The molecule has 0 aromatic heterocycles. The van der Waals surface area contributed by atoms with E-state index in [2.05, 4.69) is 10.4 Å². The molecule has 0 bridgehead atoms. The number of amides is 3. The molecule has 0 unspecified atom stereocenters. The zero-order valence-electron chi connectivity index (χ0n) is 6.42. The fourth-order valence-electron chi connectivity index (χ4n) is 0.753. The number of carbonyl (C=O) groups is 2. The van der Waals surface area contributed by atoms with Gasteiger partial charge in [-0.05, 0) is 13.8 Å². The second-order valence-electron chi connectivity index (χ2n) is 2.46. The average molecular weight is 155 g/mol. The lowest BCUT2D eigenvalue weighted by atomic mass is 10.5. The summed E-state index contributed by atoms with van der Waals surface area (Å²) in [6.07, 6.45) is 0. The van der Waals surface area contributed by atoms with Crippen molar-refractivity contribution < 1.29 is 9.59 Å². The van der Waals surface area contributed by atoms with Crippen molar-refractivity contribution in [2.24, 2.45) is 5.10 Å². The lowest BCUT2D eigenvalue weighted by Gasteiger charge is -2.04. The number of hydrazone groups is 1. The molecule has 60 valence electrons. The molecule has 5 heteroatoms. The lowest BCUT2D eigenvalue weighted by Crippen LogP contribution is -2.24. The Morgan fingerprint density at radius 3 is 2.55 bits per heavy atom. The van der Waals surface area contributed by atoms with Crippen LogP contribution in [0.25, 0.3) is 0 Å². The molecule has 3 amide bonds. The highest BCUT2D eigenvalue weighted by molar-refractivity contribution is 6.02. The Balaban J connectivity index is 2.68. The third-order valence-electron chi connectivity index (χ3n) is 1.09. The van der Waals surface area contributed by atoms with Gasteiger partial charge in [0.2, 0.25) is 5.91 Å². The lowest BCUT2D eigenvalue weighted by molar-refractivity contribution is -0.118. The van der Waals surface area contributed by atoms with Crippen molar-refractivity contribution in [1.82, 2.24) is 10.3 Å². The van der Waals surface area contributed by atoms with Crippen LogP contribution in [0.4, 0.5) is 4.79 Å². The molecule has 1 saturated heterocycles. The molecule has 1 heterocycles.